The first kappa shape index (κ1) is 14.5. The highest BCUT2D eigenvalue weighted by molar-refractivity contribution is 5.77. The van der Waals surface area contributed by atoms with E-state index in [1.165, 1.54) is 0 Å². The van der Waals surface area contributed by atoms with E-state index in [1.54, 1.807) is 6.07 Å². The number of hydrogen-bond acceptors (Lipinski definition) is 3. The van der Waals surface area contributed by atoms with Gasteiger partial charge >= 0.3 is 0 Å². The van der Waals surface area contributed by atoms with Gasteiger partial charge in [0.1, 0.15) is 5.75 Å². The number of aliphatic hydroxyl groups is 1. The summed E-state index contributed by atoms with van der Waals surface area (Å²) in [5.41, 5.74) is 1.62. The minimum absolute atomic E-state index is 0.0256. The maximum Gasteiger partial charge on any atom is 0.258 e. The molecule has 0 aliphatic heterocycles. The monoisotopic (exact) mass is 251 g/mol. The summed E-state index contributed by atoms with van der Waals surface area (Å²) < 4.78 is 5.49. The third kappa shape index (κ3) is 4.04. The molecule has 0 saturated carbocycles. The third-order valence-electron chi connectivity index (χ3n) is 2.83. The number of rotatable bonds is 6. The van der Waals surface area contributed by atoms with Gasteiger partial charge in [0.25, 0.3) is 5.91 Å². The highest BCUT2D eigenvalue weighted by atomic mass is 16.5. The summed E-state index contributed by atoms with van der Waals surface area (Å²) >= 11 is 0. The predicted molar refractivity (Wildman–Crippen MR) is 70.5 cm³/mol. The van der Waals surface area contributed by atoms with E-state index in [-0.39, 0.29) is 25.2 Å². The van der Waals surface area contributed by atoms with Crippen molar-refractivity contribution in [2.45, 2.75) is 39.8 Å². The summed E-state index contributed by atoms with van der Waals surface area (Å²) in [6, 6.07) is 5.68. The van der Waals surface area contributed by atoms with Crippen LogP contribution in [0, 0.1) is 6.92 Å². The molecule has 0 bridgehead atoms. The molecule has 0 radical (unpaired) electrons. The Bertz CT molecular complexity index is 404. The molecule has 1 amide bonds. The Kier molecular flexibility index (Phi) is 5.65. The Hall–Kier alpha value is -1.55. The first-order valence-electron chi connectivity index (χ1n) is 6.20. The maximum atomic E-state index is 11.6. The number of carbonyl (C=O) groups is 1. The molecule has 1 atom stereocenters. The molecule has 100 valence electrons. The van der Waals surface area contributed by atoms with Crippen LogP contribution in [0.2, 0.25) is 0 Å². The number of nitrogens with one attached hydrogen (secondary N) is 1. The first-order chi connectivity index (χ1) is 8.58. The number of ether oxygens (including phenoxy) is 1. The zero-order chi connectivity index (χ0) is 13.5. The van der Waals surface area contributed by atoms with Crippen LogP contribution in [0.5, 0.6) is 5.75 Å². The van der Waals surface area contributed by atoms with Crippen LogP contribution >= 0.6 is 0 Å². The fourth-order valence-corrected chi connectivity index (χ4v) is 1.60. The summed E-state index contributed by atoms with van der Waals surface area (Å²) in [4.78, 5) is 11.6. The molecule has 4 nitrogen and oxygen atoms in total. The van der Waals surface area contributed by atoms with Gasteiger partial charge in [0, 0.05) is 11.6 Å². The van der Waals surface area contributed by atoms with Gasteiger partial charge in [0.15, 0.2) is 6.61 Å². The molecule has 0 aromatic heterocycles. The fourth-order valence-electron chi connectivity index (χ4n) is 1.60. The van der Waals surface area contributed by atoms with E-state index < -0.39 is 0 Å². The van der Waals surface area contributed by atoms with Gasteiger partial charge in [-0.3, -0.25) is 4.79 Å². The normalized spacial score (nSPS) is 12.0. The van der Waals surface area contributed by atoms with Gasteiger partial charge in [-0.2, -0.15) is 0 Å². The predicted octanol–water partition coefficient (Wildman–Crippen LogP) is 1.78. The number of aliphatic hydroxyl groups excluding tert-OH is 1. The smallest absolute Gasteiger partial charge is 0.258 e. The summed E-state index contributed by atoms with van der Waals surface area (Å²) in [6.45, 7) is 5.73. The molecule has 2 N–H and O–H groups in total. The lowest BCUT2D eigenvalue weighted by Gasteiger charge is -2.15. The summed E-state index contributed by atoms with van der Waals surface area (Å²) in [6.07, 6.45) is 0.887. The van der Waals surface area contributed by atoms with Crippen molar-refractivity contribution in [3.05, 3.63) is 29.3 Å². The minimum Gasteiger partial charge on any atom is -0.483 e. The van der Waals surface area contributed by atoms with Gasteiger partial charge in [0.2, 0.25) is 0 Å². The molecule has 1 unspecified atom stereocenters. The highest BCUT2D eigenvalue weighted by Crippen LogP contribution is 2.23. The molecule has 18 heavy (non-hydrogen) atoms. The van der Waals surface area contributed by atoms with E-state index in [1.807, 2.05) is 32.9 Å². The molecule has 1 rings (SSSR count). The Labute approximate surface area is 108 Å². The number of carbonyl (C=O) groups excluding carboxylic acids is 1. The lowest BCUT2D eigenvalue weighted by atomic mass is 10.1. The van der Waals surface area contributed by atoms with E-state index in [2.05, 4.69) is 5.32 Å². The van der Waals surface area contributed by atoms with Crippen LogP contribution in [0.3, 0.4) is 0 Å². The van der Waals surface area contributed by atoms with Crippen LogP contribution in [0.1, 0.15) is 31.4 Å². The quantitative estimate of drug-likeness (QED) is 0.810. The van der Waals surface area contributed by atoms with Crippen LogP contribution in [0.25, 0.3) is 0 Å². The topological polar surface area (TPSA) is 58.6 Å². The molecular weight excluding hydrogens is 230 g/mol. The molecule has 1 aromatic carbocycles. The van der Waals surface area contributed by atoms with Crippen LogP contribution < -0.4 is 10.1 Å². The number of amides is 1. The minimum atomic E-state index is -0.142. The van der Waals surface area contributed by atoms with Crippen molar-refractivity contribution in [3.8, 4) is 5.75 Å². The molecule has 0 heterocycles. The fraction of sp³-hybridized carbons (Fsp3) is 0.500. The zero-order valence-electron chi connectivity index (χ0n) is 11.2. The second kappa shape index (κ2) is 7.01. The van der Waals surface area contributed by atoms with Gasteiger partial charge in [-0.05, 0) is 25.8 Å². The van der Waals surface area contributed by atoms with Gasteiger partial charge < -0.3 is 15.2 Å². The summed E-state index contributed by atoms with van der Waals surface area (Å²) in [5, 5.41) is 12.0. The van der Waals surface area contributed by atoms with Gasteiger partial charge in [-0.25, -0.2) is 0 Å². The molecular formula is C14H21NO3. The van der Waals surface area contributed by atoms with Crippen molar-refractivity contribution in [1.29, 1.82) is 0 Å². The van der Waals surface area contributed by atoms with Crippen molar-refractivity contribution in [1.82, 2.24) is 5.32 Å². The SMILES string of the molecule is CCC(C)NC(=O)COc1c(C)cccc1CO. The molecule has 0 fully saturated rings. The lowest BCUT2D eigenvalue weighted by Crippen LogP contribution is -2.35. The molecule has 0 aliphatic rings. The van der Waals surface area contributed by atoms with Crippen LogP contribution in [-0.4, -0.2) is 23.7 Å². The summed E-state index contributed by atoms with van der Waals surface area (Å²) in [7, 11) is 0. The Morgan fingerprint density at radius 2 is 2.22 bits per heavy atom. The van der Waals surface area contributed by atoms with Crippen molar-refractivity contribution in [3.63, 3.8) is 0 Å². The average molecular weight is 251 g/mol. The second-order valence-corrected chi connectivity index (χ2v) is 4.39. The maximum absolute atomic E-state index is 11.6. The Balaban J connectivity index is 2.60. The largest absolute Gasteiger partial charge is 0.483 e. The van der Waals surface area contributed by atoms with Crippen molar-refractivity contribution in [2.24, 2.45) is 0 Å². The van der Waals surface area contributed by atoms with E-state index in [9.17, 15) is 9.90 Å². The van der Waals surface area contributed by atoms with Crippen LogP contribution in [-0.2, 0) is 11.4 Å². The summed E-state index contributed by atoms with van der Waals surface area (Å²) in [5.74, 6) is 0.454. The van der Waals surface area contributed by atoms with Gasteiger partial charge in [-0.1, -0.05) is 25.1 Å². The van der Waals surface area contributed by atoms with Crippen molar-refractivity contribution >= 4 is 5.91 Å². The molecule has 0 aliphatic carbocycles. The number of benzene rings is 1. The number of hydrogen-bond donors (Lipinski definition) is 2. The van der Waals surface area contributed by atoms with E-state index in [0.29, 0.717) is 11.3 Å². The Morgan fingerprint density at radius 1 is 1.50 bits per heavy atom. The van der Waals surface area contributed by atoms with Crippen LogP contribution in [0.15, 0.2) is 18.2 Å². The van der Waals surface area contributed by atoms with E-state index in [4.69, 9.17) is 4.74 Å². The number of aryl methyl sites for hydroxylation is 1. The van der Waals surface area contributed by atoms with Gasteiger partial charge in [-0.15, -0.1) is 0 Å². The average Bonchev–Trinajstić information content (AvgIpc) is 2.36. The number of para-hydroxylation sites is 1. The molecule has 0 saturated heterocycles. The second-order valence-electron chi connectivity index (χ2n) is 4.39. The van der Waals surface area contributed by atoms with E-state index >= 15 is 0 Å². The van der Waals surface area contributed by atoms with Crippen molar-refractivity contribution < 1.29 is 14.6 Å². The van der Waals surface area contributed by atoms with Crippen molar-refractivity contribution in [2.75, 3.05) is 6.61 Å². The first-order valence-corrected chi connectivity index (χ1v) is 6.20. The van der Waals surface area contributed by atoms with Crippen LogP contribution in [0.4, 0.5) is 0 Å². The highest BCUT2D eigenvalue weighted by Gasteiger charge is 2.10. The van der Waals surface area contributed by atoms with Gasteiger partial charge in [0.05, 0.1) is 6.61 Å². The molecule has 1 aromatic rings. The molecule has 0 spiro atoms. The Morgan fingerprint density at radius 3 is 2.83 bits per heavy atom. The lowest BCUT2D eigenvalue weighted by molar-refractivity contribution is -0.123. The standard InChI is InChI=1S/C14H21NO3/c1-4-11(3)15-13(17)9-18-14-10(2)6-5-7-12(14)8-16/h5-7,11,16H,4,8-9H2,1-3H3,(H,15,17). The third-order valence-corrected chi connectivity index (χ3v) is 2.83. The molecule has 4 heteroatoms. The zero-order valence-corrected chi connectivity index (χ0v) is 11.2. The van der Waals surface area contributed by atoms with E-state index in [0.717, 1.165) is 12.0 Å².